The minimum Gasteiger partial charge on any atom is -0.478 e. The number of rotatable bonds is 12. The largest absolute Gasteiger partial charge is 0.478 e. The Morgan fingerprint density at radius 1 is 0.714 bits per heavy atom. The van der Waals surface area contributed by atoms with Crippen LogP contribution in [0.4, 0.5) is 4.79 Å². The minimum atomic E-state index is -1.11. The molecule has 0 saturated heterocycles. The second kappa shape index (κ2) is 14.9. The average Bonchev–Trinajstić information content (AvgIpc) is 3.46. The van der Waals surface area contributed by atoms with Crippen LogP contribution in [0.15, 0.2) is 151 Å². The van der Waals surface area contributed by atoms with Crippen molar-refractivity contribution in [2.24, 2.45) is 0 Å². The van der Waals surface area contributed by atoms with Gasteiger partial charge in [0.1, 0.15) is 12.1 Å². The van der Waals surface area contributed by atoms with E-state index in [0.29, 0.717) is 0 Å². The molecule has 0 unspecified atom stereocenters. The average molecular weight is 651 g/mol. The van der Waals surface area contributed by atoms with Gasteiger partial charge in [-0.05, 0) is 52.3 Å². The number of ether oxygens (including phenoxy) is 1. The molecule has 6 rings (SSSR count). The topological polar surface area (TPSA) is 105 Å². The zero-order valence-corrected chi connectivity index (χ0v) is 27.2. The Labute approximate surface area is 286 Å². The lowest BCUT2D eigenvalue weighted by Gasteiger charge is -2.37. The maximum absolute atomic E-state index is 13.9. The molecular weight excluding hydrogens is 612 g/mol. The van der Waals surface area contributed by atoms with Crippen molar-refractivity contribution < 1.29 is 24.2 Å². The van der Waals surface area contributed by atoms with Gasteiger partial charge in [-0.3, -0.25) is 4.79 Å². The summed E-state index contributed by atoms with van der Waals surface area (Å²) in [5.74, 6) is -1.50. The van der Waals surface area contributed by atoms with Gasteiger partial charge in [-0.25, -0.2) is 9.59 Å². The number of fused-ring (bicyclic) bond motifs is 3. The van der Waals surface area contributed by atoms with Crippen molar-refractivity contribution in [3.63, 3.8) is 0 Å². The van der Waals surface area contributed by atoms with Gasteiger partial charge in [0.2, 0.25) is 5.91 Å². The summed E-state index contributed by atoms with van der Waals surface area (Å²) in [6, 6.07) is 44.7. The molecule has 0 bridgehead atoms. The molecule has 0 radical (unpaired) electrons. The zero-order valence-electron chi connectivity index (χ0n) is 27.2. The first-order valence-corrected chi connectivity index (χ1v) is 16.4. The fourth-order valence-electron chi connectivity index (χ4n) is 6.70. The molecule has 3 N–H and O–H groups in total. The molecule has 1 aliphatic carbocycles. The third kappa shape index (κ3) is 7.16. The van der Waals surface area contributed by atoms with Gasteiger partial charge >= 0.3 is 12.1 Å². The lowest BCUT2D eigenvalue weighted by molar-refractivity contribution is -0.132. The van der Waals surface area contributed by atoms with E-state index in [-0.39, 0.29) is 36.8 Å². The van der Waals surface area contributed by atoms with Crippen LogP contribution in [0.25, 0.3) is 11.1 Å². The van der Waals surface area contributed by atoms with Gasteiger partial charge in [0.15, 0.2) is 0 Å². The maximum atomic E-state index is 13.9. The van der Waals surface area contributed by atoms with Crippen LogP contribution in [0.3, 0.4) is 0 Å². The van der Waals surface area contributed by atoms with Gasteiger partial charge < -0.3 is 20.5 Å². The number of aliphatic carboxylic acids is 1. The molecule has 2 amide bonds. The predicted octanol–water partition coefficient (Wildman–Crippen LogP) is 7.81. The van der Waals surface area contributed by atoms with E-state index in [9.17, 15) is 19.5 Å². The zero-order chi connectivity index (χ0) is 34.2. The number of nitrogens with one attached hydrogen (secondary N) is 2. The number of carbonyl (C=O) groups excluding carboxylic acids is 2. The lowest BCUT2D eigenvalue weighted by Crippen LogP contribution is -2.48. The fourth-order valence-corrected chi connectivity index (χ4v) is 6.70. The molecule has 0 saturated carbocycles. The van der Waals surface area contributed by atoms with Crippen molar-refractivity contribution in [3.05, 3.63) is 179 Å². The number of benzene rings is 5. The van der Waals surface area contributed by atoms with Gasteiger partial charge in [0.25, 0.3) is 0 Å². The molecule has 49 heavy (non-hydrogen) atoms. The Hall–Kier alpha value is -5.95. The van der Waals surface area contributed by atoms with E-state index >= 15 is 0 Å². The first kappa shape index (κ1) is 33.0. The Bertz CT molecular complexity index is 1820. The smallest absolute Gasteiger partial charge is 0.407 e. The van der Waals surface area contributed by atoms with E-state index in [1.54, 1.807) is 0 Å². The highest BCUT2D eigenvalue weighted by molar-refractivity contribution is 5.86. The second-order valence-corrected chi connectivity index (χ2v) is 12.2. The maximum Gasteiger partial charge on any atom is 0.407 e. The van der Waals surface area contributed by atoms with Crippen LogP contribution in [0.5, 0.6) is 0 Å². The monoisotopic (exact) mass is 650 g/mol. The third-order valence-electron chi connectivity index (χ3n) is 9.07. The summed E-state index contributed by atoms with van der Waals surface area (Å²) < 4.78 is 5.75. The van der Waals surface area contributed by atoms with Crippen molar-refractivity contribution in [1.82, 2.24) is 10.6 Å². The summed E-state index contributed by atoms with van der Waals surface area (Å²) >= 11 is 0. The first-order valence-electron chi connectivity index (χ1n) is 16.4. The van der Waals surface area contributed by atoms with Crippen LogP contribution in [-0.2, 0) is 19.9 Å². The second-order valence-electron chi connectivity index (χ2n) is 12.2. The van der Waals surface area contributed by atoms with Crippen molar-refractivity contribution >= 4 is 18.0 Å². The highest BCUT2D eigenvalue weighted by Gasteiger charge is 2.38. The van der Waals surface area contributed by atoms with E-state index < -0.39 is 23.6 Å². The van der Waals surface area contributed by atoms with Crippen molar-refractivity contribution in [1.29, 1.82) is 0 Å². The van der Waals surface area contributed by atoms with E-state index in [1.807, 2.05) is 127 Å². The van der Waals surface area contributed by atoms with Gasteiger partial charge in [0.05, 0.1) is 6.04 Å². The van der Waals surface area contributed by atoms with Gasteiger partial charge in [-0.15, -0.1) is 0 Å². The molecule has 246 valence electrons. The predicted molar refractivity (Wildman–Crippen MR) is 190 cm³/mol. The van der Waals surface area contributed by atoms with Gasteiger partial charge in [0, 0.05) is 17.9 Å². The molecule has 0 heterocycles. The molecular formula is C42H38N2O5. The third-order valence-corrected chi connectivity index (χ3v) is 9.07. The van der Waals surface area contributed by atoms with Crippen LogP contribution in [-0.4, -0.2) is 35.7 Å². The Morgan fingerprint density at radius 3 is 1.63 bits per heavy atom. The quantitative estimate of drug-likeness (QED) is 0.0944. The number of carbonyl (C=O) groups is 3. The number of alkyl carbamates (subject to hydrolysis) is 1. The van der Waals surface area contributed by atoms with Crippen LogP contribution >= 0.6 is 0 Å². The standard InChI is InChI=1S/C42H38N2O5/c1-29(40(46)47)27-33(43-41(48)49-28-38-36-23-13-11-21-34(36)35-22-12-14-24-37(35)38)25-26-39(45)44-42(30-15-5-2-6-16-30,31-17-7-3-8-18-31)32-19-9-4-10-20-32/h2-24,27,33,38H,25-26,28H2,1H3,(H,43,48)(H,44,45)(H,46,47)/t33-/m0/s1. The fraction of sp³-hybridized carbons (Fsp3) is 0.167. The van der Waals surface area contributed by atoms with E-state index in [4.69, 9.17) is 4.74 Å². The molecule has 0 aliphatic heterocycles. The van der Waals surface area contributed by atoms with Crippen LogP contribution < -0.4 is 10.6 Å². The number of hydrogen-bond acceptors (Lipinski definition) is 4. The molecule has 5 aromatic rings. The van der Waals surface area contributed by atoms with E-state index in [0.717, 1.165) is 38.9 Å². The molecule has 0 spiro atoms. The van der Waals surface area contributed by atoms with Crippen molar-refractivity contribution in [3.8, 4) is 11.1 Å². The SMILES string of the molecule is CC(=C[C@H](CCC(=O)NC(c1ccccc1)(c1ccccc1)c1ccccc1)NC(=O)OCC1c2ccccc2-c2ccccc21)C(=O)O. The van der Waals surface area contributed by atoms with E-state index in [2.05, 4.69) is 22.8 Å². The first-order chi connectivity index (χ1) is 23.9. The summed E-state index contributed by atoms with van der Waals surface area (Å²) in [4.78, 5) is 38.9. The Kier molecular flexibility index (Phi) is 10.00. The summed E-state index contributed by atoms with van der Waals surface area (Å²) in [7, 11) is 0. The molecule has 7 nitrogen and oxygen atoms in total. The lowest BCUT2D eigenvalue weighted by atomic mass is 9.77. The van der Waals surface area contributed by atoms with Crippen LogP contribution in [0.1, 0.15) is 53.5 Å². The summed E-state index contributed by atoms with van der Waals surface area (Å²) in [5, 5.41) is 15.7. The molecule has 5 aromatic carbocycles. The minimum absolute atomic E-state index is 0.00592. The number of carboxylic acid groups (broad SMARTS) is 1. The number of hydrogen-bond donors (Lipinski definition) is 3. The summed E-state index contributed by atoms with van der Waals surface area (Å²) in [5.41, 5.74) is 6.12. The van der Waals surface area contributed by atoms with Crippen LogP contribution in [0, 0.1) is 0 Å². The Balaban J connectivity index is 1.20. The van der Waals surface area contributed by atoms with Crippen LogP contribution in [0.2, 0.25) is 0 Å². The summed E-state index contributed by atoms with van der Waals surface area (Å²) in [6.45, 7) is 1.57. The molecule has 0 aromatic heterocycles. The molecule has 1 aliphatic rings. The summed E-state index contributed by atoms with van der Waals surface area (Å²) in [6.07, 6.45) is 0.922. The van der Waals surface area contributed by atoms with Crippen molar-refractivity contribution in [2.45, 2.75) is 37.3 Å². The molecule has 7 heteroatoms. The molecule has 0 fully saturated rings. The highest BCUT2D eigenvalue weighted by Crippen LogP contribution is 2.44. The van der Waals surface area contributed by atoms with E-state index in [1.165, 1.54) is 13.0 Å². The van der Waals surface area contributed by atoms with Gasteiger partial charge in [-0.1, -0.05) is 146 Å². The number of amides is 2. The highest BCUT2D eigenvalue weighted by atomic mass is 16.5. The number of carboxylic acids is 1. The van der Waals surface area contributed by atoms with Gasteiger partial charge in [-0.2, -0.15) is 0 Å². The van der Waals surface area contributed by atoms with Crippen molar-refractivity contribution in [2.75, 3.05) is 6.61 Å². The normalized spacial score (nSPS) is 13.1. The Morgan fingerprint density at radius 2 is 1.16 bits per heavy atom. The molecule has 1 atom stereocenters.